The molecule has 2 N–H and O–H groups in total. The van der Waals surface area contributed by atoms with Gasteiger partial charge in [-0.3, -0.25) is 4.68 Å². The second-order valence-corrected chi connectivity index (χ2v) is 6.03. The molecule has 21 heavy (non-hydrogen) atoms. The first-order chi connectivity index (χ1) is 10.1. The molecule has 2 heterocycles. The van der Waals surface area contributed by atoms with Crippen LogP contribution < -0.4 is 10.6 Å². The SMILES string of the molecule is Cc1ccccc1Cc1c(N2CCC(N)CC2)cnn1C. The van der Waals surface area contributed by atoms with Crippen molar-refractivity contribution in [3.05, 3.63) is 47.3 Å². The largest absolute Gasteiger partial charge is 0.369 e. The minimum Gasteiger partial charge on any atom is -0.369 e. The molecule has 1 fully saturated rings. The van der Waals surface area contributed by atoms with Crippen molar-refractivity contribution >= 4 is 5.69 Å². The van der Waals surface area contributed by atoms with E-state index in [0.29, 0.717) is 6.04 Å². The summed E-state index contributed by atoms with van der Waals surface area (Å²) in [7, 11) is 2.03. The number of nitrogens with zero attached hydrogens (tertiary/aromatic N) is 3. The van der Waals surface area contributed by atoms with Gasteiger partial charge in [0.25, 0.3) is 0 Å². The van der Waals surface area contributed by atoms with Gasteiger partial charge in [0.15, 0.2) is 0 Å². The zero-order valence-electron chi connectivity index (χ0n) is 12.9. The molecule has 0 bridgehead atoms. The van der Waals surface area contributed by atoms with E-state index in [0.717, 1.165) is 32.4 Å². The molecule has 0 spiro atoms. The third-order valence-electron chi connectivity index (χ3n) is 4.54. The highest BCUT2D eigenvalue weighted by Crippen LogP contribution is 2.26. The summed E-state index contributed by atoms with van der Waals surface area (Å²) >= 11 is 0. The lowest BCUT2D eigenvalue weighted by atomic mass is 10.0. The zero-order chi connectivity index (χ0) is 14.8. The molecule has 4 heteroatoms. The van der Waals surface area contributed by atoms with Gasteiger partial charge in [0.1, 0.15) is 0 Å². The topological polar surface area (TPSA) is 47.1 Å². The van der Waals surface area contributed by atoms with Crippen LogP contribution in [0.25, 0.3) is 0 Å². The molecular weight excluding hydrogens is 260 g/mol. The summed E-state index contributed by atoms with van der Waals surface area (Å²) in [5.74, 6) is 0. The molecule has 1 aromatic carbocycles. The Bertz CT molecular complexity index is 609. The molecule has 0 aliphatic carbocycles. The van der Waals surface area contributed by atoms with Crippen molar-refractivity contribution in [1.29, 1.82) is 0 Å². The summed E-state index contributed by atoms with van der Waals surface area (Å²) < 4.78 is 2.01. The molecule has 3 rings (SSSR count). The van der Waals surface area contributed by atoms with Gasteiger partial charge in [-0.25, -0.2) is 0 Å². The van der Waals surface area contributed by atoms with Crippen LogP contribution in [0.2, 0.25) is 0 Å². The highest BCUT2D eigenvalue weighted by molar-refractivity contribution is 5.52. The Morgan fingerprint density at radius 1 is 1.24 bits per heavy atom. The summed E-state index contributed by atoms with van der Waals surface area (Å²) in [6.07, 6.45) is 5.07. The molecule has 1 aliphatic rings. The van der Waals surface area contributed by atoms with Crippen LogP contribution in [-0.2, 0) is 13.5 Å². The molecule has 0 atom stereocenters. The molecule has 0 unspecified atom stereocenters. The van der Waals surface area contributed by atoms with Gasteiger partial charge in [0.05, 0.1) is 17.6 Å². The first kappa shape index (κ1) is 14.1. The molecule has 1 aromatic heterocycles. The average molecular weight is 284 g/mol. The second-order valence-electron chi connectivity index (χ2n) is 6.03. The van der Waals surface area contributed by atoms with Crippen LogP contribution in [0.3, 0.4) is 0 Å². The van der Waals surface area contributed by atoms with E-state index in [-0.39, 0.29) is 0 Å². The highest BCUT2D eigenvalue weighted by Gasteiger charge is 2.21. The lowest BCUT2D eigenvalue weighted by molar-refractivity contribution is 0.500. The van der Waals surface area contributed by atoms with Crippen LogP contribution in [0.4, 0.5) is 5.69 Å². The Balaban J connectivity index is 1.86. The van der Waals surface area contributed by atoms with Gasteiger partial charge in [0, 0.05) is 32.6 Å². The Hall–Kier alpha value is -1.81. The molecular formula is C17H24N4. The second kappa shape index (κ2) is 5.90. The molecule has 112 valence electrons. The van der Waals surface area contributed by atoms with Crippen molar-refractivity contribution in [3.8, 4) is 0 Å². The fraction of sp³-hybridized carbons (Fsp3) is 0.471. The van der Waals surface area contributed by atoms with Crippen LogP contribution in [0, 0.1) is 6.92 Å². The maximum atomic E-state index is 6.01. The van der Waals surface area contributed by atoms with Crippen LogP contribution in [0.5, 0.6) is 0 Å². The fourth-order valence-corrected chi connectivity index (χ4v) is 3.05. The lowest BCUT2D eigenvalue weighted by Gasteiger charge is -2.32. The molecule has 1 aliphatic heterocycles. The van der Waals surface area contributed by atoms with E-state index in [4.69, 9.17) is 5.73 Å². The number of hydrogen-bond acceptors (Lipinski definition) is 3. The van der Waals surface area contributed by atoms with Crippen molar-refractivity contribution < 1.29 is 0 Å². The van der Waals surface area contributed by atoms with Crippen LogP contribution in [0.1, 0.15) is 29.7 Å². The first-order valence-corrected chi connectivity index (χ1v) is 7.71. The molecule has 2 aromatic rings. The number of nitrogens with two attached hydrogens (primary N) is 1. The fourth-order valence-electron chi connectivity index (χ4n) is 3.05. The third kappa shape index (κ3) is 2.95. The third-order valence-corrected chi connectivity index (χ3v) is 4.54. The number of piperidine rings is 1. The molecule has 0 amide bonds. The predicted octanol–water partition coefficient (Wildman–Crippen LogP) is 2.25. The van der Waals surface area contributed by atoms with E-state index in [1.165, 1.54) is 22.5 Å². The van der Waals surface area contributed by atoms with Crippen LogP contribution in [0.15, 0.2) is 30.5 Å². The van der Waals surface area contributed by atoms with Crippen LogP contribution >= 0.6 is 0 Å². The van der Waals surface area contributed by atoms with E-state index in [1.54, 1.807) is 0 Å². The standard InChI is InChI=1S/C17H24N4/c1-13-5-3-4-6-14(13)11-16-17(12-19-20(16)2)21-9-7-15(18)8-10-21/h3-6,12,15H,7-11,18H2,1-2H3. The van der Waals surface area contributed by atoms with Gasteiger partial charge in [-0.05, 0) is 30.9 Å². The summed E-state index contributed by atoms with van der Waals surface area (Å²) in [4.78, 5) is 2.43. The molecule has 4 nitrogen and oxygen atoms in total. The lowest BCUT2D eigenvalue weighted by Crippen LogP contribution is -2.40. The Morgan fingerprint density at radius 3 is 2.67 bits per heavy atom. The number of hydrogen-bond donors (Lipinski definition) is 1. The Morgan fingerprint density at radius 2 is 1.95 bits per heavy atom. The molecule has 1 saturated heterocycles. The maximum Gasteiger partial charge on any atom is 0.0788 e. The summed E-state index contributed by atoms with van der Waals surface area (Å²) in [6.45, 7) is 4.24. The van der Waals surface area contributed by atoms with E-state index in [9.17, 15) is 0 Å². The number of benzene rings is 1. The first-order valence-electron chi connectivity index (χ1n) is 7.71. The highest BCUT2D eigenvalue weighted by atomic mass is 15.3. The minimum atomic E-state index is 0.359. The van der Waals surface area contributed by atoms with Crippen molar-refractivity contribution in [2.75, 3.05) is 18.0 Å². The van der Waals surface area contributed by atoms with E-state index in [2.05, 4.69) is 41.2 Å². The van der Waals surface area contributed by atoms with Gasteiger partial charge in [-0.2, -0.15) is 5.10 Å². The molecule has 0 radical (unpaired) electrons. The Labute approximate surface area is 126 Å². The normalized spacial score (nSPS) is 16.4. The number of aromatic nitrogens is 2. The summed E-state index contributed by atoms with van der Waals surface area (Å²) in [5, 5.41) is 4.48. The zero-order valence-corrected chi connectivity index (χ0v) is 12.9. The van der Waals surface area contributed by atoms with E-state index in [1.807, 2.05) is 17.9 Å². The van der Waals surface area contributed by atoms with Gasteiger partial charge >= 0.3 is 0 Å². The van der Waals surface area contributed by atoms with Gasteiger partial charge in [-0.1, -0.05) is 24.3 Å². The smallest absolute Gasteiger partial charge is 0.0788 e. The van der Waals surface area contributed by atoms with Crippen LogP contribution in [-0.4, -0.2) is 28.9 Å². The van der Waals surface area contributed by atoms with Gasteiger partial charge in [0.2, 0.25) is 0 Å². The average Bonchev–Trinajstić information content (AvgIpc) is 2.84. The van der Waals surface area contributed by atoms with Gasteiger partial charge < -0.3 is 10.6 Å². The summed E-state index contributed by atoms with van der Waals surface area (Å²) in [6, 6.07) is 8.94. The predicted molar refractivity (Wildman–Crippen MR) is 86.6 cm³/mol. The summed E-state index contributed by atoms with van der Waals surface area (Å²) in [5.41, 5.74) is 11.3. The quantitative estimate of drug-likeness (QED) is 0.940. The van der Waals surface area contributed by atoms with Gasteiger partial charge in [-0.15, -0.1) is 0 Å². The van der Waals surface area contributed by atoms with Crippen molar-refractivity contribution in [3.63, 3.8) is 0 Å². The van der Waals surface area contributed by atoms with Crippen molar-refractivity contribution in [2.45, 2.75) is 32.2 Å². The van der Waals surface area contributed by atoms with E-state index >= 15 is 0 Å². The number of aryl methyl sites for hydroxylation is 2. The Kier molecular flexibility index (Phi) is 3.97. The van der Waals surface area contributed by atoms with Crippen molar-refractivity contribution in [2.24, 2.45) is 12.8 Å². The number of anilines is 1. The van der Waals surface area contributed by atoms with Crippen molar-refractivity contribution in [1.82, 2.24) is 9.78 Å². The maximum absolute atomic E-state index is 6.01. The minimum absolute atomic E-state index is 0.359. The number of rotatable bonds is 3. The van der Waals surface area contributed by atoms with E-state index < -0.39 is 0 Å². The molecule has 0 saturated carbocycles. The monoisotopic (exact) mass is 284 g/mol.